The highest BCUT2D eigenvalue weighted by atomic mass is 32.1. The van der Waals surface area contributed by atoms with Gasteiger partial charge in [0.2, 0.25) is 0 Å². The van der Waals surface area contributed by atoms with Crippen molar-refractivity contribution in [1.82, 2.24) is 14.8 Å². The third-order valence-corrected chi connectivity index (χ3v) is 5.52. The molecule has 1 fully saturated rings. The number of carbonyl (C=O) groups excluding carboxylic acids is 2. The summed E-state index contributed by atoms with van der Waals surface area (Å²) < 4.78 is 0. The van der Waals surface area contributed by atoms with E-state index in [9.17, 15) is 9.59 Å². The van der Waals surface area contributed by atoms with Gasteiger partial charge in [-0.3, -0.25) is 19.5 Å². The lowest BCUT2D eigenvalue weighted by Crippen LogP contribution is -2.37. The molecule has 2 aliphatic rings. The van der Waals surface area contributed by atoms with Gasteiger partial charge >= 0.3 is 0 Å². The molecule has 0 radical (unpaired) electrons. The molecule has 128 valence electrons. The third-order valence-electron chi connectivity index (χ3n) is 4.63. The predicted molar refractivity (Wildman–Crippen MR) is 96.5 cm³/mol. The van der Waals surface area contributed by atoms with E-state index >= 15 is 0 Å². The highest BCUT2D eigenvalue weighted by Crippen LogP contribution is 2.35. The number of aromatic nitrogens is 1. The van der Waals surface area contributed by atoms with Crippen LogP contribution in [0.25, 0.3) is 5.57 Å². The van der Waals surface area contributed by atoms with Crippen LogP contribution in [0.1, 0.15) is 29.8 Å². The topological polar surface area (TPSA) is 53.5 Å². The molecule has 0 unspecified atom stereocenters. The van der Waals surface area contributed by atoms with Gasteiger partial charge in [0, 0.05) is 24.2 Å². The number of pyridine rings is 1. The number of amides is 2. The molecule has 0 aromatic carbocycles. The second-order valence-electron chi connectivity index (χ2n) is 6.27. The van der Waals surface area contributed by atoms with E-state index < -0.39 is 0 Å². The first-order valence-electron chi connectivity index (χ1n) is 8.55. The Kier molecular flexibility index (Phi) is 4.36. The largest absolute Gasteiger partial charge is 0.366 e. The summed E-state index contributed by atoms with van der Waals surface area (Å²) in [6.07, 6.45) is 4.98. The molecule has 0 aliphatic carbocycles. The van der Waals surface area contributed by atoms with Crippen molar-refractivity contribution in [2.24, 2.45) is 0 Å². The molecule has 0 bridgehead atoms. The number of imide groups is 1. The van der Waals surface area contributed by atoms with Gasteiger partial charge in [0.1, 0.15) is 5.70 Å². The van der Waals surface area contributed by atoms with Crippen molar-refractivity contribution in [1.29, 1.82) is 0 Å². The Morgan fingerprint density at radius 3 is 2.52 bits per heavy atom. The molecule has 25 heavy (non-hydrogen) atoms. The van der Waals surface area contributed by atoms with E-state index in [1.165, 1.54) is 22.7 Å². The SMILES string of the molecule is O=C1C(c2cccs2)=C(N2CCCCC2)C(=O)N1Cc1ccccn1. The molecule has 0 saturated carbocycles. The Morgan fingerprint density at radius 2 is 1.84 bits per heavy atom. The van der Waals surface area contributed by atoms with Crippen LogP contribution in [0.15, 0.2) is 47.6 Å². The number of hydrogen-bond donors (Lipinski definition) is 0. The zero-order valence-electron chi connectivity index (χ0n) is 13.9. The first kappa shape index (κ1) is 16.0. The molecule has 6 heteroatoms. The normalized spacial score (nSPS) is 18.4. The van der Waals surface area contributed by atoms with E-state index in [0.29, 0.717) is 11.3 Å². The van der Waals surface area contributed by atoms with E-state index in [1.54, 1.807) is 6.20 Å². The molecule has 2 aromatic heterocycles. The lowest BCUT2D eigenvalue weighted by atomic mass is 10.1. The minimum Gasteiger partial charge on any atom is -0.366 e. The Hall–Kier alpha value is -2.47. The quantitative estimate of drug-likeness (QED) is 0.793. The summed E-state index contributed by atoms with van der Waals surface area (Å²) in [6, 6.07) is 9.36. The van der Waals surface area contributed by atoms with Crippen LogP contribution in [-0.4, -0.2) is 39.7 Å². The molecular formula is C19H19N3O2S. The fourth-order valence-corrected chi connectivity index (χ4v) is 4.18. The number of likely N-dealkylation sites (tertiary alicyclic amines) is 1. The average molecular weight is 353 g/mol. The second kappa shape index (κ2) is 6.80. The summed E-state index contributed by atoms with van der Waals surface area (Å²) in [4.78, 5) is 34.7. The first-order chi connectivity index (χ1) is 12.3. The Morgan fingerprint density at radius 1 is 1.00 bits per heavy atom. The molecule has 1 saturated heterocycles. The molecular weight excluding hydrogens is 334 g/mol. The van der Waals surface area contributed by atoms with Crippen molar-refractivity contribution in [3.63, 3.8) is 0 Å². The third kappa shape index (κ3) is 2.98. The van der Waals surface area contributed by atoms with Crippen LogP contribution < -0.4 is 0 Å². The summed E-state index contributed by atoms with van der Waals surface area (Å²) in [7, 11) is 0. The van der Waals surface area contributed by atoms with Gasteiger partial charge in [0.25, 0.3) is 11.8 Å². The van der Waals surface area contributed by atoms with Gasteiger partial charge in [-0.15, -0.1) is 11.3 Å². The van der Waals surface area contributed by atoms with Crippen molar-refractivity contribution in [2.75, 3.05) is 13.1 Å². The van der Waals surface area contributed by atoms with Gasteiger partial charge < -0.3 is 4.90 Å². The Balaban J connectivity index is 1.71. The summed E-state index contributed by atoms with van der Waals surface area (Å²) in [5, 5.41) is 1.94. The van der Waals surface area contributed by atoms with Crippen molar-refractivity contribution in [3.05, 3.63) is 58.2 Å². The Labute approximate surface area is 150 Å². The monoisotopic (exact) mass is 353 g/mol. The van der Waals surface area contributed by atoms with E-state index in [2.05, 4.69) is 9.88 Å². The summed E-state index contributed by atoms with van der Waals surface area (Å²) in [5.74, 6) is -0.403. The fraction of sp³-hybridized carbons (Fsp3) is 0.316. The predicted octanol–water partition coefficient (Wildman–Crippen LogP) is 2.91. The molecule has 0 N–H and O–H groups in total. The minimum absolute atomic E-state index is 0.194. The maximum Gasteiger partial charge on any atom is 0.278 e. The van der Waals surface area contributed by atoms with E-state index in [-0.39, 0.29) is 18.4 Å². The number of hydrogen-bond acceptors (Lipinski definition) is 5. The Bertz CT molecular complexity index is 808. The number of thiophene rings is 1. The molecule has 0 atom stereocenters. The molecule has 2 amide bonds. The van der Waals surface area contributed by atoms with Crippen LogP contribution in [0.2, 0.25) is 0 Å². The van der Waals surface area contributed by atoms with Gasteiger partial charge in [-0.2, -0.15) is 0 Å². The van der Waals surface area contributed by atoms with Crippen LogP contribution in [0, 0.1) is 0 Å². The molecule has 5 nitrogen and oxygen atoms in total. The van der Waals surface area contributed by atoms with Crippen LogP contribution in [0.5, 0.6) is 0 Å². The lowest BCUT2D eigenvalue weighted by molar-refractivity contribution is -0.138. The fourth-order valence-electron chi connectivity index (χ4n) is 3.41. The van der Waals surface area contributed by atoms with Crippen LogP contribution in [0.4, 0.5) is 0 Å². The van der Waals surface area contributed by atoms with Crippen molar-refractivity contribution >= 4 is 28.7 Å². The smallest absolute Gasteiger partial charge is 0.278 e. The molecule has 2 aromatic rings. The molecule has 0 spiro atoms. The zero-order valence-corrected chi connectivity index (χ0v) is 14.7. The van der Waals surface area contributed by atoms with Crippen molar-refractivity contribution in [3.8, 4) is 0 Å². The van der Waals surface area contributed by atoms with E-state index in [0.717, 1.165) is 36.5 Å². The van der Waals surface area contributed by atoms with Gasteiger partial charge in [-0.05, 0) is 42.8 Å². The van der Waals surface area contributed by atoms with Crippen LogP contribution >= 0.6 is 11.3 Å². The summed E-state index contributed by atoms with van der Waals surface area (Å²) in [5.41, 5.74) is 1.84. The number of rotatable bonds is 4. The standard InChI is InChI=1S/C19H19N3O2S/c23-18-16(15-8-6-12-25-15)17(21-10-4-1-5-11-21)19(24)22(18)13-14-7-2-3-9-20-14/h2-3,6-9,12H,1,4-5,10-11,13H2. The van der Waals surface area contributed by atoms with Crippen molar-refractivity contribution in [2.45, 2.75) is 25.8 Å². The maximum absolute atomic E-state index is 13.1. The van der Waals surface area contributed by atoms with Gasteiger partial charge in [0.05, 0.1) is 17.8 Å². The lowest BCUT2D eigenvalue weighted by Gasteiger charge is -2.29. The number of nitrogens with zero attached hydrogens (tertiary/aromatic N) is 3. The second-order valence-corrected chi connectivity index (χ2v) is 7.21. The van der Waals surface area contributed by atoms with E-state index in [1.807, 2.05) is 35.7 Å². The van der Waals surface area contributed by atoms with Gasteiger partial charge in [0.15, 0.2) is 0 Å². The van der Waals surface area contributed by atoms with Crippen LogP contribution in [0.3, 0.4) is 0 Å². The highest BCUT2D eigenvalue weighted by Gasteiger charge is 2.42. The summed E-state index contributed by atoms with van der Waals surface area (Å²) >= 11 is 1.50. The number of carbonyl (C=O) groups is 2. The molecule has 4 heterocycles. The molecule has 2 aliphatic heterocycles. The highest BCUT2D eigenvalue weighted by molar-refractivity contribution is 7.11. The van der Waals surface area contributed by atoms with Crippen LogP contribution in [-0.2, 0) is 16.1 Å². The average Bonchev–Trinajstić information content (AvgIpc) is 3.26. The number of piperidine rings is 1. The molecule has 4 rings (SSSR count). The first-order valence-corrected chi connectivity index (χ1v) is 9.43. The maximum atomic E-state index is 13.1. The summed E-state index contributed by atoms with van der Waals surface area (Å²) in [6.45, 7) is 1.88. The minimum atomic E-state index is -0.210. The zero-order chi connectivity index (χ0) is 17.2. The van der Waals surface area contributed by atoms with E-state index in [4.69, 9.17) is 0 Å². The van der Waals surface area contributed by atoms with Crippen molar-refractivity contribution < 1.29 is 9.59 Å². The van der Waals surface area contributed by atoms with Gasteiger partial charge in [-0.25, -0.2) is 0 Å². The van der Waals surface area contributed by atoms with Gasteiger partial charge in [-0.1, -0.05) is 12.1 Å².